The fourth-order valence-corrected chi connectivity index (χ4v) is 12.6. The summed E-state index contributed by atoms with van der Waals surface area (Å²) in [6.45, 7) is 1.85. The van der Waals surface area contributed by atoms with Gasteiger partial charge in [0.1, 0.15) is 73.2 Å². The van der Waals surface area contributed by atoms with Gasteiger partial charge in [-0.2, -0.15) is 0 Å². The molecule has 0 radical (unpaired) electrons. The number of amides is 1. The maximum Gasteiger partial charge on any atom is 0.220 e. The molecule has 3 saturated heterocycles. The van der Waals surface area contributed by atoms with E-state index in [2.05, 4.69) is 19.2 Å². The monoisotopic (exact) mass is 1250 g/mol. The molecule has 19 heteroatoms. The Hall–Kier alpha value is -1.21. The molecule has 12 N–H and O–H groups in total. The van der Waals surface area contributed by atoms with Crippen molar-refractivity contribution in [3.8, 4) is 0 Å². The number of unbranched alkanes of at least 4 members (excludes halogenated alkanes) is 40. The third kappa shape index (κ3) is 33.5. The average molecular weight is 1250 g/mol. The highest BCUT2D eigenvalue weighted by molar-refractivity contribution is 5.76. The lowest BCUT2D eigenvalue weighted by molar-refractivity contribution is -0.379. The molecule has 0 aliphatic carbocycles. The maximum atomic E-state index is 13.4. The van der Waals surface area contributed by atoms with E-state index in [1.54, 1.807) is 0 Å². The second-order valence-electron chi connectivity index (χ2n) is 26.1. The lowest BCUT2D eigenvalue weighted by atomic mass is 9.96. The molecule has 516 valence electrons. The van der Waals surface area contributed by atoms with Gasteiger partial charge in [-0.1, -0.05) is 277 Å². The van der Waals surface area contributed by atoms with Crippen LogP contribution in [0.3, 0.4) is 0 Å². The van der Waals surface area contributed by atoms with E-state index < -0.39 is 124 Å². The predicted octanol–water partition coefficient (Wildman–Crippen LogP) is 9.50. The molecule has 0 spiro atoms. The van der Waals surface area contributed by atoms with Crippen molar-refractivity contribution in [2.24, 2.45) is 0 Å². The summed E-state index contributed by atoms with van der Waals surface area (Å²) < 4.78 is 34.4. The number of hydrogen-bond donors (Lipinski definition) is 12. The van der Waals surface area contributed by atoms with Crippen LogP contribution in [-0.4, -0.2) is 193 Å². The van der Waals surface area contributed by atoms with Crippen molar-refractivity contribution in [1.29, 1.82) is 0 Å². The van der Waals surface area contributed by atoms with Crippen LogP contribution in [0, 0.1) is 0 Å². The van der Waals surface area contributed by atoms with Crippen molar-refractivity contribution in [3.05, 3.63) is 0 Å². The van der Waals surface area contributed by atoms with Crippen LogP contribution in [-0.2, 0) is 33.2 Å². The number of nitrogens with one attached hydrogen (secondary N) is 1. The molecule has 0 saturated carbocycles. The number of aliphatic hydroxyl groups excluding tert-OH is 11. The number of ether oxygens (including phenoxy) is 6. The zero-order valence-electron chi connectivity index (χ0n) is 54.5. The van der Waals surface area contributed by atoms with E-state index in [9.17, 15) is 61.0 Å². The van der Waals surface area contributed by atoms with Crippen LogP contribution in [0.2, 0.25) is 0 Å². The average Bonchev–Trinajstić information content (AvgIpc) is 2.87. The van der Waals surface area contributed by atoms with Gasteiger partial charge in [0.15, 0.2) is 18.9 Å². The van der Waals surface area contributed by atoms with Gasteiger partial charge in [0, 0.05) is 6.42 Å². The van der Waals surface area contributed by atoms with Gasteiger partial charge in [0.2, 0.25) is 5.91 Å². The van der Waals surface area contributed by atoms with E-state index in [4.69, 9.17) is 28.4 Å². The second-order valence-corrected chi connectivity index (χ2v) is 26.1. The van der Waals surface area contributed by atoms with Gasteiger partial charge in [-0.05, 0) is 12.8 Å². The molecule has 19 nitrogen and oxygen atoms in total. The van der Waals surface area contributed by atoms with Crippen LogP contribution in [0.4, 0.5) is 0 Å². The van der Waals surface area contributed by atoms with E-state index in [-0.39, 0.29) is 18.9 Å². The topological polar surface area (TPSA) is 307 Å². The van der Waals surface area contributed by atoms with E-state index in [1.165, 1.54) is 218 Å². The van der Waals surface area contributed by atoms with Crippen LogP contribution in [0.25, 0.3) is 0 Å². The van der Waals surface area contributed by atoms with Crippen molar-refractivity contribution in [2.75, 3.05) is 26.4 Å². The minimum atomic E-state index is -1.97. The van der Waals surface area contributed by atoms with E-state index in [1.807, 2.05) is 0 Å². The SMILES string of the molecule is CCCCCCCCCCCCCCCCCCCCCCCCC(O)C(COC1OC(CO)C(OC2OC(CO)C(OC3OC(CO)C(O)C(O)C3O)C(O)C2O)C(O)C1O)NC(=O)CCCCCCCCCCCCCCCCCCCCCC. The van der Waals surface area contributed by atoms with Gasteiger partial charge in [-0.3, -0.25) is 4.79 Å². The predicted molar refractivity (Wildman–Crippen MR) is 337 cm³/mol. The van der Waals surface area contributed by atoms with E-state index in [0.717, 1.165) is 44.9 Å². The van der Waals surface area contributed by atoms with Gasteiger partial charge >= 0.3 is 0 Å². The van der Waals surface area contributed by atoms with Crippen molar-refractivity contribution < 1.29 is 89.4 Å². The molecule has 0 aromatic carbocycles. The smallest absolute Gasteiger partial charge is 0.220 e. The first-order chi connectivity index (χ1) is 42.3. The molecule has 0 aromatic rings. The van der Waals surface area contributed by atoms with Gasteiger partial charge in [0.05, 0.1) is 38.6 Å². The molecule has 17 unspecified atom stereocenters. The molecule has 3 rings (SSSR count). The second kappa shape index (κ2) is 51.2. The van der Waals surface area contributed by atoms with Crippen LogP contribution < -0.4 is 5.32 Å². The van der Waals surface area contributed by atoms with Gasteiger partial charge in [-0.25, -0.2) is 0 Å². The van der Waals surface area contributed by atoms with Gasteiger partial charge in [0.25, 0.3) is 0 Å². The number of carbonyl (C=O) groups excluding carboxylic acids is 1. The summed E-state index contributed by atoms with van der Waals surface area (Å²) in [6.07, 6.45) is 27.5. The molecule has 3 aliphatic heterocycles. The summed E-state index contributed by atoms with van der Waals surface area (Å²) in [6, 6.07) is -0.882. The summed E-state index contributed by atoms with van der Waals surface area (Å²) in [5, 5.41) is 121. The normalized spacial score (nSPS) is 28.5. The molecular weight excluding hydrogens is 1120 g/mol. The van der Waals surface area contributed by atoms with Crippen LogP contribution in [0.1, 0.15) is 296 Å². The summed E-state index contributed by atoms with van der Waals surface area (Å²) >= 11 is 0. The Labute approximate surface area is 525 Å². The molecule has 17 atom stereocenters. The third-order valence-electron chi connectivity index (χ3n) is 18.4. The molecule has 3 heterocycles. The number of rotatable bonds is 56. The van der Waals surface area contributed by atoms with E-state index >= 15 is 0 Å². The summed E-state index contributed by atoms with van der Waals surface area (Å²) in [7, 11) is 0. The molecular formula is C68H131NO18. The molecule has 1 amide bonds. The largest absolute Gasteiger partial charge is 0.394 e. The standard InChI is InChI=1S/C68H131NO18/c1-3-5-7-9-11-13-15-17-19-21-23-25-26-27-29-31-33-35-37-39-41-43-45-52(73)51(69-56(74)46-44-42-40-38-36-34-32-30-28-24-22-20-18-16-14-12-10-8-6-4-2)50-82-66-62(80)59(77)64(54(48-71)84-66)87-68-63(81)60(78)65(55(49-72)85-68)86-67-61(79)58(76)57(75)53(47-70)83-67/h51-55,57-68,70-73,75-81H,3-50H2,1-2H3,(H,69,74). The van der Waals surface area contributed by atoms with Crippen molar-refractivity contribution in [2.45, 2.75) is 401 Å². The summed E-state index contributed by atoms with van der Waals surface area (Å²) in [5.74, 6) is -0.235. The highest BCUT2D eigenvalue weighted by atomic mass is 16.8. The Morgan fingerprint density at radius 1 is 0.368 bits per heavy atom. The molecule has 87 heavy (non-hydrogen) atoms. The van der Waals surface area contributed by atoms with E-state index in [0.29, 0.717) is 12.8 Å². The Balaban J connectivity index is 1.42. The Morgan fingerprint density at radius 2 is 0.655 bits per heavy atom. The Morgan fingerprint density at radius 3 is 1.00 bits per heavy atom. The third-order valence-corrected chi connectivity index (χ3v) is 18.4. The van der Waals surface area contributed by atoms with Crippen molar-refractivity contribution >= 4 is 5.91 Å². The molecule has 0 aromatic heterocycles. The Bertz CT molecular complexity index is 1590. The number of carbonyl (C=O) groups is 1. The fourth-order valence-electron chi connectivity index (χ4n) is 12.6. The minimum Gasteiger partial charge on any atom is -0.394 e. The lowest BCUT2D eigenvalue weighted by Gasteiger charge is -2.48. The molecule has 3 fully saturated rings. The summed E-state index contributed by atoms with van der Waals surface area (Å²) in [4.78, 5) is 13.4. The maximum absolute atomic E-state index is 13.4. The fraction of sp³-hybridized carbons (Fsp3) is 0.985. The van der Waals surface area contributed by atoms with Crippen molar-refractivity contribution in [3.63, 3.8) is 0 Å². The number of aliphatic hydroxyl groups is 11. The van der Waals surface area contributed by atoms with Crippen LogP contribution in [0.15, 0.2) is 0 Å². The lowest BCUT2D eigenvalue weighted by Crippen LogP contribution is -2.66. The van der Waals surface area contributed by atoms with Crippen LogP contribution in [0.5, 0.6) is 0 Å². The first kappa shape index (κ1) is 80.0. The zero-order chi connectivity index (χ0) is 63.3. The quantitative estimate of drug-likeness (QED) is 0.0252. The molecule has 0 bridgehead atoms. The molecule has 3 aliphatic rings. The van der Waals surface area contributed by atoms with Gasteiger partial charge in [-0.15, -0.1) is 0 Å². The first-order valence-electron chi connectivity index (χ1n) is 35.8. The van der Waals surface area contributed by atoms with Gasteiger partial charge < -0.3 is 89.9 Å². The number of hydrogen-bond acceptors (Lipinski definition) is 18. The minimum absolute atomic E-state index is 0.235. The highest BCUT2D eigenvalue weighted by Gasteiger charge is 2.53. The first-order valence-corrected chi connectivity index (χ1v) is 35.8. The van der Waals surface area contributed by atoms with Crippen LogP contribution >= 0.6 is 0 Å². The Kier molecular flexibility index (Phi) is 47.1. The zero-order valence-corrected chi connectivity index (χ0v) is 54.5. The summed E-state index contributed by atoms with van der Waals surface area (Å²) in [5.41, 5.74) is 0. The highest BCUT2D eigenvalue weighted by Crippen LogP contribution is 2.33. The van der Waals surface area contributed by atoms with Crippen molar-refractivity contribution in [1.82, 2.24) is 5.32 Å².